The van der Waals surface area contributed by atoms with E-state index in [9.17, 15) is 0 Å². The van der Waals surface area contributed by atoms with Crippen LogP contribution in [0.25, 0.3) is 0 Å². The van der Waals surface area contributed by atoms with Crippen LogP contribution in [-0.4, -0.2) is 18.1 Å². The molecule has 13 heavy (non-hydrogen) atoms. The van der Waals surface area contributed by atoms with E-state index in [4.69, 9.17) is 4.74 Å². The van der Waals surface area contributed by atoms with Gasteiger partial charge in [0.25, 0.3) is 0 Å². The van der Waals surface area contributed by atoms with Crippen LogP contribution in [0.5, 0.6) is 5.75 Å². The summed E-state index contributed by atoms with van der Waals surface area (Å²) in [5, 5.41) is 3.49. The number of fused-ring (bicyclic) bond motifs is 3. The maximum atomic E-state index is 5.66. The number of aromatic nitrogens is 1. The highest BCUT2D eigenvalue weighted by molar-refractivity contribution is 5.35. The molecule has 3 heteroatoms. The lowest BCUT2D eigenvalue weighted by molar-refractivity contribution is 0.204. The molecule has 2 aliphatic heterocycles. The van der Waals surface area contributed by atoms with Crippen LogP contribution in [0, 0.1) is 5.92 Å². The third-order valence-electron chi connectivity index (χ3n) is 2.95. The second kappa shape index (κ2) is 2.70. The predicted octanol–water partition coefficient (Wildman–Crippen LogP) is 1.12. The lowest BCUT2D eigenvalue weighted by Crippen LogP contribution is -2.27. The van der Waals surface area contributed by atoms with Crippen LogP contribution in [0.1, 0.15) is 18.0 Å². The normalized spacial score (nSPS) is 30.5. The fraction of sp³-hybridized carbons (Fsp3) is 0.500. The van der Waals surface area contributed by atoms with Crippen molar-refractivity contribution in [1.29, 1.82) is 0 Å². The molecule has 2 atom stereocenters. The summed E-state index contributed by atoms with van der Waals surface area (Å²) in [4.78, 5) is 4.14. The summed E-state index contributed by atoms with van der Waals surface area (Å²) in [7, 11) is 0. The summed E-state index contributed by atoms with van der Waals surface area (Å²) in [6, 6.07) is 2.43. The van der Waals surface area contributed by atoms with Crippen LogP contribution >= 0.6 is 0 Å². The Hall–Kier alpha value is -1.09. The molecule has 1 aromatic heterocycles. The number of hydrogen-bond donors (Lipinski definition) is 1. The van der Waals surface area contributed by atoms with Crippen molar-refractivity contribution < 1.29 is 4.74 Å². The molecular formula is C10H12N2O. The summed E-state index contributed by atoms with van der Waals surface area (Å²) in [5.74, 6) is 1.65. The Morgan fingerprint density at radius 1 is 1.54 bits per heavy atom. The Bertz CT molecular complexity index is 326. The fourth-order valence-electron chi connectivity index (χ4n) is 2.26. The molecule has 1 aromatic rings. The van der Waals surface area contributed by atoms with Crippen molar-refractivity contribution in [3.05, 3.63) is 24.0 Å². The van der Waals surface area contributed by atoms with Gasteiger partial charge in [-0.1, -0.05) is 0 Å². The molecule has 3 nitrogen and oxygen atoms in total. The number of pyridine rings is 1. The molecule has 1 fully saturated rings. The topological polar surface area (TPSA) is 34.2 Å². The van der Waals surface area contributed by atoms with Gasteiger partial charge in [-0.05, 0) is 19.0 Å². The average Bonchev–Trinajstić information content (AvgIpc) is 2.65. The minimum Gasteiger partial charge on any atom is -0.493 e. The third kappa shape index (κ3) is 1.04. The van der Waals surface area contributed by atoms with Gasteiger partial charge in [0.15, 0.2) is 0 Å². The van der Waals surface area contributed by atoms with Gasteiger partial charge in [-0.3, -0.25) is 4.98 Å². The van der Waals surface area contributed by atoms with Crippen LogP contribution < -0.4 is 10.1 Å². The highest BCUT2D eigenvalue weighted by atomic mass is 16.5. The highest BCUT2D eigenvalue weighted by Crippen LogP contribution is 2.38. The molecule has 0 aromatic carbocycles. The van der Waals surface area contributed by atoms with Crippen molar-refractivity contribution in [2.45, 2.75) is 12.5 Å². The zero-order valence-electron chi connectivity index (χ0n) is 7.36. The second-order valence-corrected chi connectivity index (χ2v) is 3.71. The zero-order chi connectivity index (χ0) is 8.67. The van der Waals surface area contributed by atoms with Gasteiger partial charge < -0.3 is 10.1 Å². The quantitative estimate of drug-likeness (QED) is 0.643. The van der Waals surface area contributed by atoms with E-state index in [0.717, 1.165) is 18.9 Å². The molecule has 0 aliphatic carbocycles. The smallest absolute Gasteiger partial charge is 0.127 e. The minimum absolute atomic E-state index is 0.484. The molecule has 1 N–H and O–H groups in total. The number of rotatable bonds is 0. The summed E-state index contributed by atoms with van der Waals surface area (Å²) >= 11 is 0. The highest BCUT2D eigenvalue weighted by Gasteiger charge is 2.34. The van der Waals surface area contributed by atoms with Gasteiger partial charge in [0.1, 0.15) is 5.75 Å². The van der Waals surface area contributed by atoms with Crippen LogP contribution in [0.2, 0.25) is 0 Å². The van der Waals surface area contributed by atoms with Crippen LogP contribution in [0.4, 0.5) is 0 Å². The van der Waals surface area contributed by atoms with Crippen molar-refractivity contribution in [2.75, 3.05) is 13.2 Å². The Morgan fingerprint density at radius 3 is 3.54 bits per heavy atom. The molecule has 0 bridgehead atoms. The van der Waals surface area contributed by atoms with Crippen LogP contribution in [-0.2, 0) is 0 Å². The van der Waals surface area contributed by atoms with Crippen LogP contribution in [0.3, 0.4) is 0 Å². The Labute approximate surface area is 77.1 Å². The van der Waals surface area contributed by atoms with E-state index in [2.05, 4.69) is 10.3 Å². The molecule has 2 aliphatic rings. The van der Waals surface area contributed by atoms with Crippen molar-refractivity contribution in [3.8, 4) is 5.75 Å². The second-order valence-electron chi connectivity index (χ2n) is 3.71. The maximum Gasteiger partial charge on any atom is 0.127 e. The molecule has 2 unspecified atom stereocenters. The summed E-state index contributed by atoms with van der Waals surface area (Å²) in [6.07, 6.45) is 4.93. The van der Waals surface area contributed by atoms with E-state index >= 15 is 0 Å². The molecular weight excluding hydrogens is 164 g/mol. The van der Waals surface area contributed by atoms with Crippen molar-refractivity contribution in [3.63, 3.8) is 0 Å². The van der Waals surface area contributed by atoms with E-state index in [-0.39, 0.29) is 0 Å². The van der Waals surface area contributed by atoms with Crippen molar-refractivity contribution in [1.82, 2.24) is 10.3 Å². The van der Waals surface area contributed by atoms with Gasteiger partial charge in [0.05, 0.1) is 6.61 Å². The van der Waals surface area contributed by atoms with Crippen LogP contribution in [0.15, 0.2) is 18.5 Å². The first-order valence-corrected chi connectivity index (χ1v) is 4.75. The lowest BCUT2D eigenvalue weighted by Gasteiger charge is -2.27. The SMILES string of the molecule is c1cc2c(cn1)C1NCCC1CO2. The predicted molar refractivity (Wildman–Crippen MR) is 48.6 cm³/mol. The molecule has 0 saturated carbocycles. The summed E-state index contributed by atoms with van der Waals surface area (Å²) < 4.78 is 5.66. The van der Waals surface area contributed by atoms with Crippen molar-refractivity contribution >= 4 is 0 Å². The fourth-order valence-corrected chi connectivity index (χ4v) is 2.26. The Balaban J connectivity index is 2.06. The van der Waals surface area contributed by atoms with E-state index in [1.165, 1.54) is 12.0 Å². The van der Waals surface area contributed by atoms with Gasteiger partial charge in [0.2, 0.25) is 0 Å². The molecule has 0 amide bonds. The summed E-state index contributed by atoms with van der Waals surface area (Å²) in [5.41, 5.74) is 1.23. The number of nitrogens with zero attached hydrogens (tertiary/aromatic N) is 1. The Kier molecular flexibility index (Phi) is 1.52. The first-order chi connectivity index (χ1) is 6.45. The van der Waals surface area contributed by atoms with E-state index in [1.54, 1.807) is 6.20 Å². The Morgan fingerprint density at radius 2 is 2.54 bits per heavy atom. The standard InChI is InChI=1S/C10H12N2O/c1-4-12-10-7(1)6-13-9-2-3-11-5-8(9)10/h2-3,5,7,10,12H,1,4,6H2. The molecule has 0 spiro atoms. The monoisotopic (exact) mass is 176 g/mol. The lowest BCUT2D eigenvalue weighted by atomic mass is 9.93. The maximum absolute atomic E-state index is 5.66. The van der Waals surface area contributed by atoms with Gasteiger partial charge in [-0.2, -0.15) is 0 Å². The molecule has 3 rings (SSSR count). The molecule has 68 valence electrons. The van der Waals surface area contributed by atoms with Gasteiger partial charge in [-0.25, -0.2) is 0 Å². The van der Waals surface area contributed by atoms with E-state index in [0.29, 0.717) is 12.0 Å². The summed E-state index contributed by atoms with van der Waals surface area (Å²) in [6.45, 7) is 1.96. The minimum atomic E-state index is 0.484. The van der Waals surface area contributed by atoms with Crippen molar-refractivity contribution in [2.24, 2.45) is 5.92 Å². The number of nitrogens with one attached hydrogen (secondary N) is 1. The first kappa shape index (κ1) is 7.33. The largest absolute Gasteiger partial charge is 0.493 e. The van der Waals surface area contributed by atoms with Gasteiger partial charge in [-0.15, -0.1) is 0 Å². The van der Waals surface area contributed by atoms with Gasteiger partial charge in [0, 0.05) is 29.9 Å². The number of hydrogen-bond acceptors (Lipinski definition) is 3. The average molecular weight is 176 g/mol. The third-order valence-corrected chi connectivity index (χ3v) is 2.95. The zero-order valence-corrected chi connectivity index (χ0v) is 7.36. The number of ether oxygens (including phenoxy) is 1. The van der Waals surface area contributed by atoms with Gasteiger partial charge >= 0.3 is 0 Å². The molecule has 1 saturated heterocycles. The first-order valence-electron chi connectivity index (χ1n) is 4.75. The van der Waals surface area contributed by atoms with E-state index < -0.39 is 0 Å². The molecule has 3 heterocycles. The molecule has 0 radical (unpaired) electrons. The van der Waals surface area contributed by atoms with E-state index in [1.807, 2.05) is 12.3 Å².